The van der Waals surface area contributed by atoms with Gasteiger partial charge in [-0.1, -0.05) is 18.2 Å². The van der Waals surface area contributed by atoms with E-state index in [1.165, 1.54) is 11.1 Å². The van der Waals surface area contributed by atoms with Gasteiger partial charge in [-0.15, -0.1) is 0 Å². The van der Waals surface area contributed by atoms with Gasteiger partial charge in [0.1, 0.15) is 0 Å². The summed E-state index contributed by atoms with van der Waals surface area (Å²) in [5.41, 5.74) is 3.57. The minimum absolute atomic E-state index is 0.780. The van der Waals surface area contributed by atoms with Crippen molar-refractivity contribution >= 4 is 11.6 Å². The smallest absolute Gasteiger partial charge is 0.195 e. The molecule has 0 amide bonds. The predicted octanol–water partition coefficient (Wildman–Crippen LogP) is 1.92. The molecule has 1 aromatic carbocycles. The molecule has 0 aromatic heterocycles. The van der Waals surface area contributed by atoms with Crippen LogP contribution in [0.3, 0.4) is 0 Å². The molecule has 0 aliphatic carbocycles. The van der Waals surface area contributed by atoms with Gasteiger partial charge in [-0.25, -0.2) is 0 Å². The van der Waals surface area contributed by atoms with Crippen molar-refractivity contribution in [3.8, 4) is 0 Å². The Kier molecular flexibility index (Phi) is 3.51. The van der Waals surface area contributed by atoms with Crippen LogP contribution in [0.1, 0.15) is 11.1 Å². The predicted molar refractivity (Wildman–Crippen MR) is 62.0 cm³/mol. The first kappa shape index (κ1) is 10.6. The largest absolute Gasteiger partial charge is 0.359 e. The van der Waals surface area contributed by atoms with Crippen molar-refractivity contribution in [2.45, 2.75) is 13.8 Å². The normalized spacial score (nSPS) is 11.3. The maximum absolute atomic E-state index is 4.08. The first-order valence-corrected chi connectivity index (χ1v) is 4.66. The van der Waals surface area contributed by atoms with Gasteiger partial charge in [-0.05, 0) is 25.0 Å². The van der Waals surface area contributed by atoms with Crippen LogP contribution in [0.25, 0.3) is 0 Å². The molecule has 2 N–H and O–H groups in total. The molecule has 0 heterocycles. The summed E-state index contributed by atoms with van der Waals surface area (Å²) in [6, 6.07) is 6.22. The second-order valence-corrected chi connectivity index (χ2v) is 3.21. The fraction of sp³-hybridized carbons (Fsp3) is 0.364. The molecule has 3 nitrogen and oxygen atoms in total. The zero-order valence-corrected chi connectivity index (χ0v) is 9.18. The van der Waals surface area contributed by atoms with Crippen molar-refractivity contribution in [3.05, 3.63) is 29.3 Å². The Bertz CT molecular complexity index is 322. The first-order chi connectivity index (χ1) is 6.69. The average Bonchev–Trinajstić information content (AvgIpc) is 2.18. The van der Waals surface area contributed by atoms with Gasteiger partial charge < -0.3 is 10.6 Å². The van der Waals surface area contributed by atoms with Crippen LogP contribution >= 0.6 is 0 Å². The maximum atomic E-state index is 4.08. The van der Waals surface area contributed by atoms with Gasteiger partial charge in [0, 0.05) is 19.8 Å². The molecule has 0 saturated carbocycles. The summed E-state index contributed by atoms with van der Waals surface area (Å²) < 4.78 is 0. The quantitative estimate of drug-likeness (QED) is 0.525. The van der Waals surface area contributed by atoms with E-state index in [4.69, 9.17) is 0 Å². The minimum Gasteiger partial charge on any atom is -0.359 e. The zero-order valence-electron chi connectivity index (χ0n) is 9.18. The van der Waals surface area contributed by atoms with Crippen LogP contribution in [0, 0.1) is 13.8 Å². The fourth-order valence-corrected chi connectivity index (χ4v) is 1.36. The van der Waals surface area contributed by atoms with Crippen LogP contribution in [-0.4, -0.2) is 20.1 Å². The maximum Gasteiger partial charge on any atom is 0.195 e. The van der Waals surface area contributed by atoms with Crippen LogP contribution in [0.15, 0.2) is 23.2 Å². The van der Waals surface area contributed by atoms with E-state index in [-0.39, 0.29) is 0 Å². The Labute approximate surface area is 85.3 Å². The fourth-order valence-electron chi connectivity index (χ4n) is 1.36. The Hall–Kier alpha value is -1.51. The highest BCUT2D eigenvalue weighted by molar-refractivity contribution is 5.94. The van der Waals surface area contributed by atoms with E-state index in [9.17, 15) is 0 Å². The second-order valence-electron chi connectivity index (χ2n) is 3.21. The molecular weight excluding hydrogens is 174 g/mol. The van der Waals surface area contributed by atoms with Crippen molar-refractivity contribution in [1.82, 2.24) is 5.32 Å². The number of para-hydroxylation sites is 1. The van der Waals surface area contributed by atoms with E-state index in [0.29, 0.717) is 0 Å². The van der Waals surface area contributed by atoms with Crippen LogP contribution in [0.5, 0.6) is 0 Å². The third-order valence-electron chi connectivity index (χ3n) is 2.18. The molecule has 0 aliphatic rings. The molecule has 14 heavy (non-hydrogen) atoms. The molecule has 76 valence electrons. The van der Waals surface area contributed by atoms with Crippen LogP contribution < -0.4 is 10.6 Å². The third kappa shape index (κ3) is 2.25. The molecule has 1 aromatic rings. The van der Waals surface area contributed by atoms with E-state index in [0.717, 1.165) is 11.6 Å². The number of hydrogen-bond acceptors (Lipinski definition) is 1. The lowest BCUT2D eigenvalue weighted by Crippen LogP contribution is -2.27. The van der Waals surface area contributed by atoms with Crippen molar-refractivity contribution < 1.29 is 0 Å². The van der Waals surface area contributed by atoms with Gasteiger partial charge in [0.15, 0.2) is 5.96 Å². The number of anilines is 1. The standard InChI is InChI=1S/C11H17N3/c1-8-6-5-7-9(2)10(8)14-11(12-3)13-4/h5-7H,1-4H3,(H2,12,13,14). The van der Waals surface area contributed by atoms with E-state index >= 15 is 0 Å². The summed E-state index contributed by atoms with van der Waals surface area (Å²) in [6.07, 6.45) is 0. The van der Waals surface area contributed by atoms with Gasteiger partial charge in [-0.3, -0.25) is 4.99 Å². The summed E-state index contributed by atoms with van der Waals surface area (Å²) >= 11 is 0. The molecule has 0 fully saturated rings. The van der Waals surface area contributed by atoms with Gasteiger partial charge in [-0.2, -0.15) is 0 Å². The van der Waals surface area contributed by atoms with Gasteiger partial charge in [0.05, 0.1) is 0 Å². The number of guanidine groups is 1. The number of aryl methyl sites for hydroxylation is 2. The number of nitrogens with one attached hydrogen (secondary N) is 2. The molecule has 1 rings (SSSR count). The van der Waals surface area contributed by atoms with E-state index in [2.05, 4.69) is 47.7 Å². The molecule has 3 heteroatoms. The second kappa shape index (κ2) is 4.65. The molecule has 0 atom stereocenters. The Morgan fingerprint density at radius 3 is 2.21 bits per heavy atom. The molecule has 0 radical (unpaired) electrons. The molecular formula is C11H17N3. The highest BCUT2D eigenvalue weighted by Crippen LogP contribution is 2.18. The number of rotatable bonds is 1. The number of hydrogen-bond donors (Lipinski definition) is 2. The summed E-state index contributed by atoms with van der Waals surface area (Å²) in [5.74, 6) is 0.780. The van der Waals surface area contributed by atoms with Crippen molar-refractivity contribution in [3.63, 3.8) is 0 Å². The lowest BCUT2D eigenvalue weighted by atomic mass is 10.1. The Morgan fingerprint density at radius 2 is 1.79 bits per heavy atom. The van der Waals surface area contributed by atoms with Gasteiger partial charge in [0.25, 0.3) is 0 Å². The van der Waals surface area contributed by atoms with Crippen LogP contribution in [0.2, 0.25) is 0 Å². The Balaban J connectivity index is 2.96. The molecule has 0 aliphatic heterocycles. The van der Waals surface area contributed by atoms with Gasteiger partial charge >= 0.3 is 0 Å². The number of nitrogens with zero attached hydrogens (tertiary/aromatic N) is 1. The Morgan fingerprint density at radius 1 is 1.21 bits per heavy atom. The van der Waals surface area contributed by atoms with Crippen molar-refractivity contribution in [2.24, 2.45) is 4.99 Å². The highest BCUT2D eigenvalue weighted by Gasteiger charge is 2.02. The number of benzene rings is 1. The molecule has 0 spiro atoms. The highest BCUT2D eigenvalue weighted by atomic mass is 15.2. The molecule has 0 unspecified atom stereocenters. The molecule has 0 bridgehead atoms. The van der Waals surface area contributed by atoms with E-state index < -0.39 is 0 Å². The number of aliphatic imine (C=N–C) groups is 1. The summed E-state index contributed by atoms with van der Waals surface area (Å²) in [7, 11) is 3.61. The van der Waals surface area contributed by atoms with Crippen molar-refractivity contribution in [1.29, 1.82) is 0 Å². The molecule has 0 saturated heterocycles. The SMILES string of the molecule is CN=C(NC)Nc1c(C)cccc1C. The van der Waals surface area contributed by atoms with Crippen molar-refractivity contribution in [2.75, 3.05) is 19.4 Å². The topological polar surface area (TPSA) is 36.4 Å². The summed E-state index contributed by atoms with van der Waals surface area (Å²) in [5, 5.41) is 6.25. The first-order valence-electron chi connectivity index (χ1n) is 4.66. The van der Waals surface area contributed by atoms with Crippen LogP contribution in [-0.2, 0) is 0 Å². The lowest BCUT2D eigenvalue weighted by Gasteiger charge is -2.13. The summed E-state index contributed by atoms with van der Waals surface area (Å²) in [4.78, 5) is 4.08. The third-order valence-corrected chi connectivity index (χ3v) is 2.18. The van der Waals surface area contributed by atoms with E-state index in [1.54, 1.807) is 7.05 Å². The minimum atomic E-state index is 0.780. The summed E-state index contributed by atoms with van der Waals surface area (Å²) in [6.45, 7) is 4.16. The van der Waals surface area contributed by atoms with Gasteiger partial charge in [0.2, 0.25) is 0 Å². The monoisotopic (exact) mass is 191 g/mol. The lowest BCUT2D eigenvalue weighted by molar-refractivity contribution is 1.13. The van der Waals surface area contributed by atoms with E-state index in [1.807, 2.05) is 7.05 Å². The zero-order chi connectivity index (χ0) is 10.6. The average molecular weight is 191 g/mol. The van der Waals surface area contributed by atoms with Crippen LogP contribution in [0.4, 0.5) is 5.69 Å².